The number of hydrogen-bond donors (Lipinski definition) is 2. The molecule has 0 fully saturated rings. The van der Waals surface area contributed by atoms with Crippen LogP contribution in [0.1, 0.15) is 29.0 Å². The van der Waals surface area contributed by atoms with E-state index in [4.69, 9.17) is 11.6 Å². The van der Waals surface area contributed by atoms with E-state index in [2.05, 4.69) is 9.88 Å². The minimum atomic E-state index is -0.269. The van der Waals surface area contributed by atoms with Crippen molar-refractivity contribution in [2.24, 2.45) is 0 Å². The van der Waals surface area contributed by atoms with Gasteiger partial charge in [0.1, 0.15) is 11.6 Å². The molecule has 0 saturated heterocycles. The molecule has 0 bridgehead atoms. The van der Waals surface area contributed by atoms with Gasteiger partial charge in [0.25, 0.3) is 0 Å². The Balaban J connectivity index is 1.69. The molecule has 2 heterocycles. The summed E-state index contributed by atoms with van der Waals surface area (Å²) in [6, 6.07) is 17.4. The topological polar surface area (TPSA) is 54.3 Å². The maximum absolute atomic E-state index is 13.7. The van der Waals surface area contributed by atoms with E-state index >= 15 is 0 Å². The third-order valence-electron chi connectivity index (χ3n) is 5.59. The number of phenols is 1. The molecule has 0 aliphatic carbocycles. The number of amides is 1. The van der Waals surface area contributed by atoms with E-state index in [-0.39, 0.29) is 34.8 Å². The molecule has 0 radical (unpaired) electrons. The van der Waals surface area contributed by atoms with E-state index in [1.165, 1.54) is 12.1 Å². The van der Waals surface area contributed by atoms with Crippen molar-refractivity contribution in [1.29, 1.82) is 0 Å². The smallest absolute Gasteiger partial charge is 0.225 e. The van der Waals surface area contributed by atoms with E-state index in [1.807, 2.05) is 30.5 Å². The molecule has 0 unspecified atom stereocenters. The van der Waals surface area contributed by atoms with Gasteiger partial charge in [-0.2, -0.15) is 0 Å². The van der Waals surface area contributed by atoms with Crippen molar-refractivity contribution in [3.8, 4) is 5.75 Å². The summed E-state index contributed by atoms with van der Waals surface area (Å²) in [6.07, 6.45) is 2.29. The quantitative estimate of drug-likeness (QED) is 0.449. The van der Waals surface area contributed by atoms with E-state index in [1.54, 1.807) is 24.3 Å². The van der Waals surface area contributed by atoms with Crippen LogP contribution in [0.4, 0.5) is 10.1 Å². The summed E-state index contributed by atoms with van der Waals surface area (Å²) in [5.74, 6) is -0.560. The zero-order valence-electron chi connectivity index (χ0n) is 15.9. The van der Waals surface area contributed by atoms with Gasteiger partial charge in [0.05, 0.1) is 16.2 Å². The number of hydrogen-bond acceptors (Lipinski definition) is 2. The van der Waals surface area contributed by atoms with Crippen LogP contribution in [0.25, 0.3) is 10.9 Å². The summed E-state index contributed by atoms with van der Waals surface area (Å²) in [4.78, 5) is 12.6. The number of anilines is 1. The van der Waals surface area contributed by atoms with Crippen molar-refractivity contribution in [3.63, 3.8) is 0 Å². The van der Waals surface area contributed by atoms with Crippen LogP contribution in [0.5, 0.6) is 5.75 Å². The number of aromatic nitrogens is 1. The molecule has 1 aliphatic rings. The number of carbonyl (C=O) groups excluding carboxylic acids is 1. The second-order valence-electron chi connectivity index (χ2n) is 7.56. The third kappa shape index (κ3) is 3.21. The molecule has 6 heteroatoms. The normalized spacial score (nSPS) is 15.8. The highest BCUT2D eigenvalue weighted by Crippen LogP contribution is 2.42. The highest BCUT2D eigenvalue weighted by atomic mass is 35.5. The first-order valence-electron chi connectivity index (χ1n) is 9.64. The van der Waals surface area contributed by atoms with Gasteiger partial charge in [-0.15, -0.1) is 0 Å². The number of benzene rings is 3. The van der Waals surface area contributed by atoms with Gasteiger partial charge in [0, 0.05) is 30.5 Å². The Morgan fingerprint density at radius 3 is 2.77 bits per heavy atom. The molecule has 4 nitrogen and oxygen atoms in total. The molecule has 5 rings (SSSR count). The van der Waals surface area contributed by atoms with Crippen LogP contribution in [-0.2, 0) is 11.3 Å². The fourth-order valence-electron chi connectivity index (χ4n) is 4.25. The molecular weight excluding hydrogens is 403 g/mol. The molecule has 1 atom stereocenters. The van der Waals surface area contributed by atoms with Crippen molar-refractivity contribution < 1.29 is 14.3 Å². The van der Waals surface area contributed by atoms with E-state index in [9.17, 15) is 14.3 Å². The maximum atomic E-state index is 13.7. The van der Waals surface area contributed by atoms with Gasteiger partial charge in [0.15, 0.2) is 0 Å². The van der Waals surface area contributed by atoms with Gasteiger partial charge in [-0.1, -0.05) is 35.9 Å². The number of nitrogens with zero attached hydrogens (tertiary/aromatic N) is 1. The van der Waals surface area contributed by atoms with Crippen molar-refractivity contribution in [2.75, 3.05) is 5.32 Å². The number of rotatable bonds is 3. The zero-order chi connectivity index (χ0) is 20.8. The summed E-state index contributed by atoms with van der Waals surface area (Å²) in [6.45, 7) is 0.509. The lowest BCUT2D eigenvalue weighted by atomic mass is 9.88. The molecule has 1 amide bonds. The maximum Gasteiger partial charge on any atom is 0.225 e. The molecule has 150 valence electrons. The summed E-state index contributed by atoms with van der Waals surface area (Å²) in [7, 11) is 0. The molecule has 1 aliphatic heterocycles. The van der Waals surface area contributed by atoms with Gasteiger partial charge in [0.2, 0.25) is 5.91 Å². The van der Waals surface area contributed by atoms with Crippen LogP contribution in [0.15, 0.2) is 66.9 Å². The Kier molecular flexibility index (Phi) is 4.48. The molecule has 30 heavy (non-hydrogen) atoms. The number of aromatic hydroxyl groups is 1. The van der Waals surface area contributed by atoms with Gasteiger partial charge < -0.3 is 15.0 Å². The largest absolute Gasteiger partial charge is 0.506 e. The van der Waals surface area contributed by atoms with Crippen molar-refractivity contribution in [2.45, 2.75) is 18.9 Å². The van der Waals surface area contributed by atoms with Crippen molar-refractivity contribution in [3.05, 3.63) is 94.4 Å². The van der Waals surface area contributed by atoms with Crippen LogP contribution >= 0.6 is 11.6 Å². The molecule has 0 saturated carbocycles. The Morgan fingerprint density at radius 1 is 1.13 bits per heavy atom. The molecule has 1 aromatic heterocycles. The van der Waals surface area contributed by atoms with Gasteiger partial charge in [-0.25, -0.2) is 4.39 Å². The first-order valence-corrected chi connectivity index (χ1v) is 10.0. The monoisotopic (exact) mass is 420 g/mol. The highest BCUT2D eigenvalue weighted by molar-refractivity contribution is 6.32. The average molecular weight is 421 g/mol. The predicted octanol–water partition coefficient (Wildman–Crippen LogP) is 5.66. The van der Waals surface area contributed by atoms with E-state index < -0.39 is 0 Å². The Labute approximate surface area is 177 Å². The van der Waals surface area contributed by atoms with Gasteiger partial charge in [-0.3, -0.25) is 4.79 Å². The van der Waals surface area contributed by atoms with Crippen molar-refractivity contribution >= 4 is 34.1 Å². The first-order chi connectivity index (χ1) is 14.5. The molecule has 0 spiro atoms. The molecule has 3 aromatic carbocycles. The van der Waals surface area contributed by atoms with Crippen LogP contribution in [0.2, 0.25) is 5.02 Å². The van der Waals surface area contributed by atoms with Crippen LogP contribution in [0, 0.1) is 5.82 Å². The van der Waals surface area contributed by atoms with Crippen LogP contribution in [-0.4, -0.2) is 15.6 Å². The number of halogens is 2. The lowest BCUT2D eigenvalue weighted by molar-refractivity contribution is -0.116. The Hall–Kier alpha value is -3.31. The highest BCUT2D eigenvalue weighted by Gasteiger charge is 2.28. The van der Waals surface area contributed by atoms with Gasteiger partial charge in [-0.05, 0) is 53.1 Å². The minimum absolute atomic E-state index is 0.00714. The molecule has 4 aromatic rings. The lowest BCUT2D eigenvalue weighted by Crippen LogP contribution is -2.14. The molecular formula is C24H18ClFN2O2. The molecule has 2 N–H and O–H groups in total. The summed E-state index contributed by atoms with van der Waals surface area (Å²) >= 11 is 6.15. The minimum Gasteiger partial charge on any atom is -0.506 e. The summed E-state index contributed by atoms with van der Waals surface area (Å²) in [5.41, 5.74) is 4.43. The summed E-state index contributed by atoms with van der Waals surface area (Å²) < 4.78 is 15.8. The van der Waals surface area contributed by atoms with Crippen LogP contribution < -0.4 is 5.32 Å². The second kappa shape index (κ2) is 7.18. The third-order valence-corrected chi connectivity index (χ3v) is 5.89. The zero-order valence-corrected chi connectivity index (χ0v) is 16.7. The SMILES string of the molecule is O=C1C[C@@H](c2ccc(O)c(Cl)c2)c2cn(Cc3cccc(F)c3)c3cccc(c23)N1. The Bertz CT molecular complexity index is 1300. The fraction of sp³-hybridized carbons (Fsp3) is 0.125. The predicted molar refractivity (Wildman–Crippen MR) is 116 cm³/mol. The Morgan fingerprint density at radius 2 is 1.97 bits per heavy atom. The number of nitrogens with one attached hydrogen (secondary N) is 1. The summed E-state index contributed by atoms with van der Waals surface area (Å²) in [5, 5.41) is 14.0. The number of phenolic OH excluding ortho intramolecular Hbond substituents is 1. The van der Waals surface area contributed by atoms with Crippen LogP contribution in [0.3, 0.4) is 0 Å². The first kappa shape index (κ1) is 18.7. The van der Waals surface area contributed by atoms with E-state index in [0.29, 0.717) is 6.54 Å². The van der Waals surface area contributed by atoms with E-state index in [0.717, 1.165) is 33.3 Å². The second-order valence-corrected chi connectivity index (χ2v) is 7.96. The number of carbonyl (C=O) groups is 1. The lowest BCUT2D eigenvalue weighted by Gasteiger charge is -2.15. The average Bonchev–Trinajstić information content (AvgIpc) is 3.00. The standard InChI is InChI=1S/C24H18ClFN2O2/c25-19-10-15(7-8-22(19)29)17-11-23(30)27-20-5-2-6-21-24(20)18(17)13-28(21)12-14-3-1-4-16(26)9-14/h1-10,13,17,29H,11-12H2,(H,27,30)/t17-/m0/s1. The van der Waals surface area contributed by atoms with Crippen molar-refractivity contribution in [1.82, 2.24) is 4.57 Å². The van der Waals surface area contributed by atoms with Gasteiger partial charge >= 0.3 is 0 Å². The fourth-order valence-corrected chi connectivity index (χ4v) is 4.44.